The number of nitrogens with two attached hydrogens (primary N) is 1. The normalized spacial score (nSPS) is 15.9. The monoisotopic (exact) mass is 361 g/mol. The van der Waals surface area contributed by atoms with Gasteiger partial charge < -0.3 is 10.5 Å². The Hall–Kier alpha value is -3.58. The van der Waals surface area contributed by atoms with E-state index < -0.39 is 27.8 Å². The molecule has 0 fully saturated rings. The van der Waals surface area contributed by atoms with Crippen molar-refractivity contribution in [3.05, 3.63) is 76.8 Å². The molecule has 0 amide bonds. The number of fused-ring (bicyclic) bond motifs is 1. The fraction of sp³-hybridized carbons (Fsp3) is 0.0714. The topological polar surface area (TPSA) is 168 Å². The van der Waals surface area contributed by atoms with Crippen molar-refractivity contribution in [2.45, 2.75) is 5.92 Å². The van der Waals surface area contributed by atoms with Crippen LogP contribution in [0.25, 0.3) is 0 Å². The van der Waals surface area contributed by atoms with E-state index in [0.717, 1.165) is 6.07 Å². The minimum Gasteiger partial charge on any atom is -0.424 e. The van der Waals surface area contributed by atoms with Crippen LogP contribution in [-0.2, 0) is 0 Å². The lowest BCUT2D eigenvalue weighted by molar-refractivity contribution is -0.384. The zero-order valence-electron chi connectivity index (χ0n) is 12.2. The maximum Gasteiger partial charge on any atom is 0.328 e. The van der Waals surface area contributed by atoms with E-state index in [2.05, 4.69) is 4.98 Å². The van der Waals surface area contributed by atoms with E-state index in [-0.39, 0.29) is 33.5 Å². The Balaban J connectivity index is 2.34. The number of aromatic nitrogens is 2. The fourth-order valence-corrected chi connectivity index (χ4v) is 2.76. The second-order valence-corrected chi connectivity index (χ2v) is 5.45. The van der Waals surface area contributed by atoms with Gasteiger partial charge in [0.2, 0.25) is 11.8 Å². The lowest BCUT2D eigenvalue weighted by Crippen LogP contribution is -2.33. The number of nitrogens with one attached hydrogen (secondary N) is 2. The van der Waals surface area contributed by atoms with Crippen molar-refractivity contribution >= 4 is 17.3 Å². The molecule has 1 aliphatic heterocycles. The molecule has 0 spiro atoms. The highest BCUT2D eigenvalue weighted by Crippen LogP contribution is 2.40. The van der Waals surface area contributed by atoms with Gasteiger partial charge in [-0.05, 0) is 11.6 Å². The number of hydrogen-bond acceptors (Lipinski definition) is 7. The number of rotatable bonds is 2. The van der Waals surface area contributed by atoms with Crippen LogP contribution < -0.4 is 21.7 Å². The van der Waals surface area contributed by atoms with Crippen LogP contribution in [-0.4, -0.2) is 14.9 Å². The molecule has 1 aromatic carbocycles. The van der Waals surface area contributed by atoms with Crippen LogP contribution in [0.5, 0.6) is 5.88 Å². The van der Waals surface area contributed by atoms with Gasteiger partial charge in [-0.15, -0.1) is 0 Å². The predicted octanol–water partition coefficient (Wildman–Crippen LogP) is 0.843. The number of ether oxygens (including phenoxy) is 1. The van der Waals surface area contributed by atoms with Crippen molar-refractivity contribution in [1.29, 1.82) is 5.26 Å². The van der Waals surface area contributed by atoms with Crippen LogP contribution >= 0.6 is 11.6 Å². The maximum atomic E-state index is 12.2. The minimum atomic E-state index is -1.06. The summed E-state index contributed by atoms with van der Waals surface area (Å²) in [5, 5.41) is 20.4. The van der Waals surface area contributed by atoms with Crippen molar-refractivity contribution in [3.8, 4) is 11.9 Å². The van der Waals surface area contributed by atoms with Crippen molar-refractivity contribution in [2.24, 2.45) is 5.73 Å². The molecular weight excluding hydrogens is 354 g/mol. The van der Waals surface area contributed by atoms with Gasteiger partial charge in [-0.1, -0.05) is 17.7 Å². The first kappa shape index (κ1) is 16.3. The molecule has 0 aliphatic carbocycles. The summed E-state index contributed by atoms with van der Waals surface area (Å²) in [6.45, 7) is 0. The molecule has 25 heavy (non-hydrogen) atoms. The Morgan fingerprint density at radius 2 is 2.08 bits per heavy atom. The average Bonchev–Trinajstić information content (AvgIpc) is 2.53. The number of hydrogen-bond donors (Lipinski definition) is 3. The van der Waals surface area contributed by atoms with Gasteiger partial charge in [-0.3, -0.25) is 24.9 Å². The van der Waals surface area contributed by atoms with E-state index in [1.165, 1.54) is 12.1 Å². The fourth-order valence-electron chi connectivity index (χ4n) is 2.57. The summed E-state index contributed by atoms with van der Waals surface area (Å²) < 4.78 is 5.15. The molecule has 0 unspecified atom stereocenters. The third kappa shape index (κ3) is 2.62. The van der Waals surface area contributed by atoms with Crippen molar-refractivity contribution < 1.29 is 9.66 Å². The van der Waals surface area contributed by atoms with Crippen LogP contribution in [0.1, 0.15) is 17.0 Å². The largest absolute Gasteiger partial charge is 0.424 e. The number of nitro groups is 1. The van der Waals surface area contributed by atoms with Crippen LogP contribution in [0.3, 0.4) is 0 Å². The highest BCUT2D eigenvalue weighted by molar-refractivity contribution is 6.32. The highest BCUT2D eigenvalue weighted by atomic mass is 35.5. The Morgan fingerprint density at radius 1 is 1.36 bits per heavy atom. The van der Waals surface area contributed by atoms with Gasteiger partial charge in [0, 0.05) is 6.07 Å². The lowest BCUT2D eigenvalue weighted by Gasteiger charge is -2.24. The molecule has 10 nitrogen and oxygen atoms in total. The molecule has 4 N–H and O–H groups in total. The number of aromatic amines is 2. The van der Waals surface area contributed by atoms with Crippen molar-refractivity contribution in [2.75, 3.05) is 0 Å². The van der Waals surface area contributed by atoms with E-state index in [9.17, 15) is 25.0 Å². The SMILES string of the molecule is N#CC1=C(N)Oc2[nH]c(=O)[nH]c(=O)c2[C@@H]1c1ccc(Cl)c([N+](=O)[O-])c1. The Labute approximate surface area is 143 Å². The number of nitrogens with zero attached hydrogens (tertiary/aromatic N) is 2. The smallest absolute Gasteiger partial charge is 0.328 e. The van der Waals surface area contributed by atoms with Gasteiger partial charge in [-0.25, -0.2) is 4.79 Å². The van der Waals surface area contributed by atoms with Gasteiger partial charge in [0.25, 0.3) is 11.2 Å². The molecule has 1 aliphatic rings. The predicted molar refractivity (Wildman–Crippen MR) is 85.1 cm³/mol. The summed E-state index contributed by atoms with van der Waals surface area (Å²) in [5.74, 6) is -1.61. The molecule has 1 aromatic heterocycles. The van der Waals surface area contributed by atoms with Gasteiger partial charge in [0.05, 0.1) is 16.4 Å². The van der Waals surface area contributed by atoms with Crippen molar-refractivity contribution in [1.82, 2.24) is 9.97 Å². The highest BCUT2D eigenvalue weighted by Gasteiger charge is 2.35. The molecule has 1 atom stereocenters. The molecule has 0 radical (unpaired) electrons. The summed E-state index contributed by atoms with van der Waals surface area (Å²) in [6.07, 6.45) is 0. The third-order valence-electron chi connectivity index (χ3n) is 3.62. The zero-order valence-corrected chi connectivity index (χ0v) is 13.0. The summed E-state index contributed by atoms with van der Waals surface area (Å²) in [7, 11) is 0. The number of halogens is 1. The molecular formula is C14H8ClN5O5. The van der Waals surface area contributed by atoms with Crippen LogP contribution in [0, 0.1) is 21.4 Å². The maximum absolute atomic E-state index is 12.2. The number of H-pyrrole nitrogens is 2. The van der Waals surface area contributed by atoms with E-state index >= 15 is 0 Å². The van der Waals surface area contributed by atoms with Crippen LogP contribution in [0.4, 0.5) is 5.69 Å². The summed E-state index contributed by atoms with van der Waals surface area (Å²) in [4.78, 5) is 38.4. The van der Waals surface area contributed by atoms with Crippen LogP contribution in [0.2, 0.25) is 5.02 Å². The molecule has 0 saturated carbocycles. The van der Waals surface area contributed by atoms with E-state index in [4.69, 9.17) is 22.1 Å². The first-order chi connectivity index (χ1) is 11.8. The summed E-state index contributed by atoms with van der Waals surface area (Å²) in [6, 6.07) is 5.66. The first-order valence-electron chi connectivity index (χ1n) is 6.71. The minimum absolute atomic E-state index is 0.0954. The van der Waals surface area contributed by atoms with E-state index in [0.29, 0.717) is 0 Å². The number of allylic oxidation sites excluding steroid dienone is 1. The van der Waals surface area contributed by atoms with E-state index in [1.807, 2.05) is 11.1 Å². The van der Waals surface area contributed by atoms with Gasteiger partial charge >= 0.3 is 5.69 Å². The summed E-state index contributed by atoms with van der Waals surface area (Å²) >= 11 is 5.80. The van der Waals surface area contributed by atoms with Gasteiger partial charge in [0.15, 0.2) is 0 Å². The zero-order chi connectivity index (χ0) is 18.3. The second kappa shape index (κ2) is 5.81. The molecule has 0 saturated heterocycles. The first-order valence-corrected chi connectivity index (χ1v) is 7.09. The summed E-state index contributed by atoms with van der Waals surface area (Å²) in [5.41, 5.74) is 3.68. The molecule has 11 heteroatoms. The molecule has 126 valence electrons. The quantitative estimate of drug-likeness (QED) is 0.525. The number of nitriles is 1. The van der Waals surface area contributed by atoms with Crippen LogP contribution in [0.15, 0.2) is 39.2 Å². The average molecular weight is 362 g/mol. The standard InChI is InChI=1S/C14H8ClN5O5/c15-7-2-1-5(3-8(7)20(23)24)9-6(4-16)11(17)25-13-10(9)12(21)18-14(22)19-13/h1-3,9H,17H2,(H2,18,19,21,22)/t9-/m1/s1. The molecule has 2 heterocycles. The number of benzene rings is 1. The van der Waals surface area contributed by atoms with E-state index in [1.54, 1.807) is 0 Å². The third-order valence-corrected chi connectivity index (χ3v) is 3.94. The lowest BCUT2D eigenvalue weighted by atomic mass is 9.85. The Bertz CT molecular complexity index is 1090. The molecule has 2 aromatic rings. The van der Waals surface area contributed by atoms with Crippen molar-refractivity contribution in [3.63, 3.8) is 0 Å². The Kier molecular flexibility index (Phi) is 3.78. The van der Waals surface area contributed by atoms with Gasteiger partial charge in [0.1, 0.15) is 16.7 Å². The Morgan fingerprint density at radius 3 is 2.72 bits per heavy atom. The molecule has 0 bridgehead atoms. The number of nitro benzene ring substituents is 1. The molecule has 3 rings (SSSR count). The van der Waals surface area contributed by atoms with Gasteiger partial charge in [-0.2, -0.15) is 5.26 Å². The second-order valence-electron chi connectivity index (χ2n) is 5.04.